The first-order chi connectivity index (χ1) is 11.4. The summed E-state index contributed by atoms with van der Waals surface area (Å²) in [6.07, 6.45) is 1.31. The SMILES string of the molecule is Cc1ccc(OCC(=O)N/N=C/c2cc(Cl)cc(Br)c2O)c(C)c1. The summed E-state index contributed by atoms with van der Waals surface area (Å²) in [5.41, 5.74) is 4.80. The molecule has 2 N–H and O–H groups in total. The minimum atomic E-state index is -0.410. The number of aromatic hydroxyl groups is 1. The van der Waals surface area contributed by atoms with Gasteiger partial charge in [-0.2, -0.15) is 5.10 Å². The fourth-order valence-corrected chi connectivity index (χ4v) is 2.83. The van der Waals surface area contributed by atoms with Crippen LogP contribution in [0.1, 0.15) is 16.7 Å². The molecule has 0 spiro atoms. The molecule has 0 saturated heterocycles. The summed E-state index contributed by atoms with van der Waals surface area (Å²) < 4.78 is 5.90. The fourth-order valence-electron chi connectivity index (χ4n) is 1.99. The predicted octanol–water partition coefficient (Wildman–Crippen LogP) is 3.95. The third-order valence-corrected chi connectivity index (χ3v) is 3.96. The molecule has 1 amide bonds. The van der Waals surface area contributed by atoms with Gasteiger partial charge in [-0.25, -0.2) is 5.43 Å². The summed E-state index contributed by atoms with van der Waals surface area (Å²) in [7, 11) is 0. The Hall–Kier alpha value is -2.05. The van der Waals surface area contributed by atoms with Gasteiger partial charge in [0.15, 0.2) is 6.61 Å². The largest absolute Gasteiger partial charge is 0.506 e. The number of phenols is 1. The Kier molecular flexibility index (Phi) is 6.23. The van der Waals surface area contributed by atoms with Gasteiger partial charge in [-0.15, -0.1) is 0 Å². The molecule has 24 heavy (non-hydrogen) atoms. The highest BCUT2D eigenvalue weighted by Crippen LogP contribution is 2.30. The summed E-state index contributed by atoms with van der Waals surface area (Å²) in [6, 6.07) is 8.81. The summed E-state index contributed by atoms with van der Waals surface area (Å²) in [5.74, 6) is 0.229. The molecule has 2 aromatic carbocycles. The van der Waals surface area contributed by atoms with Gasteiger partial charge in [0.2, 0.25) is 0 Å². The molecule has 0 bridgehead atoms. The lowest BCUT2D eigenvalue weighted by Crippen LogP contribution is -2.24. The van der Waals surface area contributed by atoms with Crippen LogP contribution < -0.4 is 10.2 Å². The van der Waals surface area contributed by atoms with E-state index in [1.54, 1.807) is 6.07 Å². The van der Waals surface area contributed by atoms with E-state index in [0.29, 0.717) is 20.8 Å². The van der Waals surface area contributed by atoms with Gasteiger partial charge < -0.3 is 9.84 Å². The number of halogens is 2. The minimum Gasteiger partial charge on any atom is -0.506 e. The zero-order chi connectivity index (χ0) is 17.7. The van der Waals surface area contributed by atoms with Gasteiger partial charge in [0.05, 0.1) is 10.7 Å². The first-order valence-electron chi connectivity index (χ1n) is 7.07. The van der Waals surface area contributed by atoms with E-state index in [-0.39, 0.29) is 12.4 Å². The quantitative estimate of drug-likeness (QED) is 0.578. The monoisotopic (exact) mass is 410 g/mol. The van der Waals surface area contributed by atoms with E-state index in [1.807, 2.05) is 32.0 Å². The van der Waals surface area contributed by atoms with Crippen LogP contribution in [0.4, 0.5) is 0 Å². The molecule has 0 aliphatic rings. The lowest BCUT2D eigenvalue weighted by molar-refractivity contribution is -0.123. The van der Waals surface area contributed by atoms with E-state index in [0.717, 1.165) is 11.1 Å². The van der Waals surface area contributed by atoms with Crippen molar-refractivity contribution in [3.05, 3.63) is 56.5 Å². The van der Waals surface area contributed by atoms with Gasteiger partial charge in [-0.1, -0.05) is 29.3 Å². The molecule has 2 aromatic rings. The lowest BCUT2D eigenvalue weighted by atomic mass is 10.1. The predicted molar refractivity (Wildman–Crippen MR) is 98.0 cm³/mol. The number of hydrogen-bond donors (Lipinski definition) is 2. The van der Waals surface area contributed by atoms with E-state index < -0.39 is 5.91 Å². The fraction of sp³-hybridized carbons (Fsp3) is 0.176. The molecule has 0 aliphatic heterocycles. The van der Waals surface area contributed by atoms with Crippen LogP contribution in [0.15, 0.2) is 39.9 Å². The number of carbonyl (C=O) groups is 1. The molecule has 2 rings (SSSR count). The number of hydrazone groups is 1. The second-order valence-electron chi connectivity index (χ2n) is 5.18. The maximum atomic E-state index is 11.8. The lowest BCUT2D eigenvalue weighted by Gasteiger charge is -2.08. The van der Waals surface area contributed by atoms with Gasteiger partial charge in [-0.05, 0) is 53.5 Å². The van der Waals surface area contributed by atoms with Crippen molar-refractivity contribution in [1.29, 1.82) is 0 Å². The minimum absolute atomic E-state index is 0.0103. The second kappa shape index (κ2) is 8.17. The van der Waals surface area contributed by atoms with Crippen LogP contribution in [-0.4, -0.2) is 23.8 Å². The molecular weight excluding hydrogens is 396 g/mol. The molecular formula is C17H16BrClN2O3. The third-order valence-electron chi connectivity index (χ3n) is 3.14. The van der Waals surface area contributed by atoms with Crippen LogP contribution in [0, 0.1) is 13.8 Å². The van der Waals surface area contributed by atoms with Crippen LogP contribution in [0.5, 0.6) is 11.5 Å². The molecule has 0 fully saturated rings. The van der Waals surface area contributed by atoms with Crippen LogP contribution in [0.2, 0.25) is 5.02 Å². The molecule has 7 heteroatoms. The maximum Gasteiger partial charge on any atom is 0.277 e. The summed E-state index contributed by atoms with van der Waals surface area (Å²) in [4.78, 5) is 11.8. The van der Waals surface area contributed by atoms with Gasteiger partial charge in [0.1, 0.15) is 11.5 Å². The van der Waals surface area contributed by atoms with Crippen molar-refractivity contribution in [2.45, 2.75) is 13.8 Å². The average molecular weight is 412 g/mol. The van der Waals surface area contributed by atoms with Crippen LogP contribution in [0.25, 0.3) is 0 Å². The number of aryl methyl sites for hydroxylation is 2. The number of nitrogens with zero attached hydrogens (tertiary/aromatic N) is 1. The van der Waals surface area contributed by atoms with Gasteiger partial charge >= 0.3 is 0 Å². The van der Waals surface area contributed by atoms with Crippen molar-refractivity contribution in [2.24, 2.45) is 5.10 Å². The molecule has 0 saturated carbocycles. The number of phenolic OH excluding ortho intramolecular Hbond substituents is 1. The highest BCUT2D eigenvalue weighted by molar-refractivity contribution is 9.10. The van der Waals surface area contributed by atoms with Crippen LogP contribution in [-0.2, 0) is 4.79 Å². The van der Waals surface area contributed by atoms with Crippen molar-refractivity contribution in [3.8, 4) is 11.5 Å². The van der Waals surface area contributed by atoms with E-state index in [4.69, 9.17) is 16.3 Å². The Morgan fingerprint density at radius 1 is 1.38 bits per heavy atom. The Labute approximate surface area is 153 Å². The summed E-state index contributed by atoms with van der Waals surface area (Å²) >= 11 is 9.07. The highest BCUT2D eigenvalue weighted by atomic mass is 79.9. The molecule has 126 valence electrons. The second-order valence-corrected chi connectivity index (χ2v) is 6.47. The molecule has 0 radical (unpaired) electrons. The average Bonchev–Trinajstić information content (AvgIpc) is 2.51. The van der Waals surface area contributed by atoms with Crippen LogP contribution >= 0.6 is 27.5 Å². The zero-order valence-electron chi connectivity index (χ0n) is 13.1. The van der Waals surface area contributed by atoms with Crippen molar-refractivity contribution in [2.75, 3.05) is 6.61 Å². The maximum absolute atomic E-state index is 11.8. The topological polar surface area (TPSA) is 70.9 Å². The normalized spacial score (nSPS) is 10.8. The number of nitrogens with one attached hydrogen (secondary N) is 1. The zero-order valence-corrected chi connectivity index (χ0v) is 15.5. The van der Waals surface area contributed by atoms with E-state index in [9.17, 15) is 9.90 Å². The molecule has 0 heterocycles. The first kappa shape index (κ1) is 18.3. The summed E-state index contributed by atoms with van der Waals surface area (Å²) in [6.45, 7) is 3.74. The molecule has 5 nitrogen and oxygen atoms in total. The number of hydrogen-bond acceptors (Lipinski definition) is 4. The Bertz CT molecular complexity index is 794. The molecule has 0 unspecified atom stereocenters. The molecule has 0 aliphatic carbocycles. The van der Waals surface area contributed by atoms with Gasteiger partial charge in [0, 0.05) is 10.6 Å². The number of benzene rings is 2. The van der Waals surface area contributed by atoms with E-state index in [1.165, 1.54) is 12.3 Å². The highest BCUT2D eigenvalue weighted by Gasteiger charge is 2.07. The molecule has 0 atom stereocenters. The standard InChI is InChI=1S/C17H16BrClN2O3/c1-10-3-4-15(11(2)5-10)24-9-16(22)21-20-8-12-6-13(19)7-14(18)17(12)23/h3-8,23H,9H2,1-2H3,(H,21,22)/b20-8+. The Morgan fingerprint density at radius 3 is 2.83 bits per heavy atom. The number of ether oxygens (including phenoxy) is 1. The Balaban J connectivity index is 1.91. The first-order valence-corrected chi connectivity index (χ1v) is 8.24. The van der Waals surface area contributed by atoms with Gasteiger partial charge in [0.25, 0.3) is 5.91 Å². The van der Waals surface area contributed by atoms with Crippen LogP contribution in [0.3, 0.4) is 0 Å². The van der Waals surface area contributed by atoms with E-state index >= 15 is 0 Å². The molecule has 0 aromatic heterocycles. The van der Waals surface area contributed by atoms with Crippen molar-refractivity contribution < 1.29 is 14.6 Å². The summed E-state index contributed by atoms with van der Waals surface area (Å²) in [5, 5.41) is 14.1. The smallest absolute Gasteiger partial charge is 0.277 e. The van der Waals surface area contributed by atoms with Gasteiger partial charge in [-0.3, -0.25) is 4.79 Å². The van der Waals surface area contributed by atoms with Crippen molar-refractivity contribution in [1.82, 2.24) is 5.43 Å². The number of amides is 1. The number of carbonyl (C=O) groups excluding carboxylic acids is 1. The Morgan fingerprint density at radius 2 is 2.12 bits per heavy atom. The number of rotatable bonds is 5. The van der Waals surface area contributed by atoms with E-state index in [2.05, 4.69) is 26.5 Å². The van der Waals surface area contributed by atoms with Crippen molar-refractivity contribution in [3.63, 3.8) is 0 Å². The van der Waals surface area contributed by atoms with Crippen molar-refractivity contribution >= 4 is 39.7 Å². The third kappa shape index (κ3) is 4.97.